The maximum atomic E-state index is 13.7. The Kier molecular flexibility index (Phi) is 5.17. The molecule has 0 bridgehead atoms. The molecule has 1 nitrogen and oxygen atoms in total. The van der Waals surface area contributed by atoms with Gasteiger partial charge in [0.2, 0.25) is 0 Å². The summed E-state index contributed by atoms with van der Waals surface area (Å²) in [4.78, 5) is 0. The Bertz CT molecular complexity index is 601. The standard InChI is InChI=1S/C14H10Br3FO/c15-9-3-4-12(17)11(6-9)14(19)5-8-1-2-10(16)7-13(8)18/h1-4,6-7,14,19H,5H2. The molecular weight excluding hydrogens is 443 g/mol. The third-order valence-corrected chi connectivity index (χ3v) is 4.45. The molecule has 0 aromatic heterocycles. The number of hydrogen-bond donors (Lipinski definition) is 1. The Hall–Kier alpha value is -0.230. The van der Waals surface area contributed by atoms with Crippen molar-refractivity contribution in [1.82, 2.24) is 0 Å². The van der Waals surface area contributed by atoms with E-state index in [1.165, 1.54) is 6.07 Å². The van der Waals surface area contributed by atoms with Gasteiger partial charge in [-0.15, -0.1) is 0 Å². The molecule has 0 saturated heterocycles. The molecule has 5 heteroatoms. The van der Waals surface area contributed by atoms with Gasteiger partial charge in [0.15, 0.2) is 0 Å². The monoisotopic (exact) mass is 450 g/mol. The van der Waals surface area contributed by atoms with Crippen molar-refractivity contribution in [2.75, 3.05) is 0 Å². The molecule has 0 aliphatic heterocycles. The summed E-state index contributed by atoms with van der Waals surface area (Å²) in [5, 5.41) is 10.2. The van der Waals surface area contributed by atoms with Crippen molar-refractivity contribution in [3.63, 3.8) is 0 Å². The van der Waals surface area contributed by atoms with Gasteiger partial charge in [-0.25, -0.2) is 4.39 Å². The molecule has 0 amide bonds. The number of benzene rings is 2. The van der Waals surface area contributed by atoms with E-state index in [9.17, 15) is 9.50 Å². The van der Waals surface area contributed by atoms with Crippen molar-refractivity contribution in [2.45, 2.75) is 12.5 Å². The van der Waals surface area contributed by atoms with Crippen molar-refractivity contribution >= 4 is 47.8 Å². The molecule has 0 aliphatic carbocycles. The molecule has 1 unspecified atom stereocenters. The fourth-order valence-corrected chi connectivity index (χ4v) is 3.00. The first-order valence-electron chi connectivity index (χ1n) is 5.54. The lowest BCUT2D eigenvalue weighted by atomic mass is 10.0. The SMILES string of the molecule is OC(Cc1ccc(Br)cc1F)c1cc(Br)ccc1Br. The first-order chi connectivity index (χ1) is 8.97. The molecule has 0 aliphatic rings. The van der Waals surface area contributed by atoms with Crippen molar-refractivity contribution in [1.29, 1.82) is 0 Å². The second kappa shape index (κ2) is 6.48. The zero-order valence-corrected chi connectivity index (χ0v) is 14.5. The number of hydrogen-bond acceptors (Lipinski definition) is 1. The first kappa shape index (κ1) is 15.2. The summed E-state index contributed by atoms with van der Waals surface area (Å²) in [6, 6.07) is 10.4. The summed E-state index contributed by atoms with van der Waals surface area (Å²) in [6.07, 6.45) is -0.531. The molecular formula is C14H10Br3FO. The molecule has 1 atom stereocenters. The van der Waals surface area contributed by atoms with Crippen molar-refractivity contribution in [3.8, 4) is 0 Å². The zero-order valence-electron chi connectivity index (χ0n) is 9.71. The van der Waals surface area contributed by atoms with Crippen LogP contribution in [-0.2, 0) is 6.42 Å². The Morgan fingerprint density at radius 1 is 1.00 bits per heavy atom. The minimum absolute atomic E-state index is 0.230. The topological polar surface area (TPSA) is 20.2 Å². The number of aliphatic hydroxyl groups is 1. The summed E-state index contributed by atoms with van der Waals surface area (Å²) in [6.45, 7) is 0. The summed E-state index contributed by atoms with van der Waals surface area (Å²) < 4.78 is 16.1. The van der Waals surface area contributed by atoms with Crippen LogP contribution in [0.25, 0.3) is 0 Å². The fourth-order valence-electron chi connectivity index (χ4n) is 1.78. The van der Waals surface area contributed by atoms with Crippen LogP contribution >= 0.6 is 47.8 Å². The molecule has 2 aromatic rings. The van der Waals surface area contributed by atoms with Crippen LogP contribution in [0.15, 0.2) is 49.8 Å². The van der Waals surface area contributed by atoms with E-state index in [0.717, 1.165) is 14.5 Å². The van der Waals surface area contributed by atoms with Gasteiger partial charge < -0.3 is 5.11 Å². The van der Waals surface area contributed by atoms with Crippen molar-refractivity contribution < 1.29 is 9.50 Å². The van der Waals surface area contributed by atoms with Gasteiger partial charge in [0.25, 0.3) is 0 Å². The van der Waals surface area contributed by atoms with Gasteiger partial charge in [-0.1, -0.05) is 53.9 Å². The van der Waals surface area contributed by atoms with E-state index in [4.69, 9.17) is 0 Å². The average Bonchev–Trinajstić information content (AvgIpc) is 2.35. The van der Waals surface area contributed by atoms with Crippen LogP contribution in [0.2, 0.25) is 0 Å². The van der Waals surface area contributed by atoms with Crippen LogP contribution in [0.5, 0.6) is 0 Å². The zero-order chi connectivity index (χ0) is 14.0. The summed E-state index contributed by atoms with van der Waals surface area (Å²) in [5.74, 6) is -0.320. The van der Waals surface area contributed by atoms with Gasteiger partial charge in [-0.05, 0) is 41.5 Å². The van der Waals surface area contributed by atoms with Crippen LogP contribution in [-0.4, -0.2) is 5.11 Å². The highest BCUT2D eigenvalue weighted by atomic mass is 79.9. The average molecular weight is 453 g/mol. The summed E-state index contributed by atoms with van der Waals surface area (Å²) in [5.41, 5.74) is 1.22. The predicted molar refractivity (Wildman–Crippen MR) is 84.6 cm³/mol. The highest BCUT2D eigenvalue weighted by Crippen LogP contribution is 2.30. The van der Waals surface area contributed by atoms with E-state index in [0.29, 0.717) is 10.0 Å². The van der Waals surface area contributed by atoms with Crippen molar-refractivity contribution in [2.24, 2.45) is 0 Å². The molecule has 0 spiro atoms. The molecule has 2 aromatic carbocycles. The maximum Gasteiger partial charge on any atom is 0.127 e. The van der Waals surface area contributed by atoms with Gasteiger partial charge >= 0.3 is 0 Å². The molecule has 2 rings (SSSR count). The van der Waals surface area contributed by atoms with Crippen LogP contribution < -0.4 is 0 Å². The Morgan fingerprint density at radius 3 is 2.32 bits per heavy atom. The Labute approximate surface area is 136 Å². The second-order valence-corrected chi connectivity index (χ2v) is 6.81. The predicted octanol–water partition coefficient (Wildman–Crippen LogP) is 5.39. The lowest BCUT2D eigenvalue weighted by Gasteiger charge is -2.14. The molecule has 19 heavy (non-hydrogen) atoms. The normalized spacial score (nSPS) is 12.5. The van der Waals surface area contributed by atoms with E-state index < -0.39 is 6.10 Å². The number of aliphatic hydroxyl groups excluding tert-OH is 1. The maximum absolute atomic E-state index is 13.7. The summed E-state index contributed by atoms with van der Waals surface area (Å²) >= 11 is 9.97. The van der Waals surface area contributed by atoms with E-state index in [2.05, 4.69) is 47.8 Å². The van der Waals surface area contributed by atoms with E-state index in [-0.39, 0.29) is 12.2 Å². The quantitative estimate of drug-likeness (QED) is 0.662. The molecule has 1 N–H and O–H groups in total. The first-order valence-corrected chi connectivity index (χ1v) is 7.92. The van der Waals surface area contributed by atoms with E-state index in [1.54, 1.807) is 12.1 Å². The van der Waals surface area contributed by atoms with Gasteiger partial charge in [0, 0.05) is 19.8 Å². The number of rotatable bonds is 3. The third kappa shape index (κ3) is 3.88. The molecule has 0 heterocycles. The number of halogens is 4. The Morgan fingerprint density at radius 2 is 1.63 bits per heavy atom. The van der Waals surface area contributed by atoms with Crippen LogP contribution in [0.1, 0.15) is 17.2 Å². The van der Waals surface area contributed by atoms with Gasteiger partial charge in [0.1, 0.15) is 5.82 Å². The largest absolute Gasteiger partial charge is 0.388 e. The summed E-state index contributed by atoms with van der Waals surface area (Å²) in [7, 11) is 0. The van der Waals surface area contributed by atoms with E-state index in [1.807, 2.05) is 18.2 Å². The molecule has 100 valence electrons. The van der Waals surface area contributed by atoms with Crippen molar-refractivity contribution in [3.05, 3.63) is 66.8 Å². The minimum atomic E-state index is -0.762. The molecule has 0 radical (unpaired) electrons. The second-order valence-electron chi connectivity index (χ2n) is 4.12. The molecule has 0 fully saturated rings. The van der Waals surface area contributed by atoms with Crippen LogP contribution in [0.4, 0.5) is 4.39 Å². The van der Waals surface area contributed by atoms with Gasteiger partial charge in [-0.2, -0.15) is 0 Å². The van der Waals surface area contributed by atoms with Crippen LogP contribution in [0, 0.1) is 5.82 Å². The smallest absolute Gasteiger partial charge is 0.127 e. The Balaban J connectivity index is 2.25. The highest BCUT2D eigenvalue weighted by molar-refractivity contribution is 9.11. The van der Waals surface area contributed by atoms with Crippen LogP contribution in [0.3, 0.4) is 0 Å². The van der Waals surface area contributed by atoms with Gasteiger partial charge in [-0.3, -0.25) is 0 Å². The van der Waals surface area contributed by atoms with Gasteiger partial charge in [0.05, 0.1) is 6.10 Å². The fraction of sp³-hybridized carbons (Fsp3) is 0.143. The lowest BCUT2D eigenvalue weighted by Crippen LogP contribution is -2.04. The minimum Gasteiger partial charge on any atom is -0.388 e. The highest BCUT2D eigenvalue weighted by Gasteiger charge is 2.15. The lowest BCUT2D eigenvalue weighted by molar-refractivity contribution is 0.176. The third-order valence-electron chi connectivity index (χ3n) is 2.75. The molecule has 0 saturated carbocycles. The van der Waals surface area contributed by atoms with E-state index >= 15 is 0 Å².